The molecule has 0 fully saturated rings. The lowest BCUT2D eigenvalue weighted by Crippen LogP contribution is -2.10. The standard InChI is InChI=1S/C20H13N3O2S/c24-19(18-11-14-4-1-2-7-17(14)25-18)21-15-6-3-5-13(10-15)16-12-23-8-9-26-20(23)22-16/h1-12H,(H,21,24). The topological polar surface area (TPSA) is 59.5 Å². The van der Waals surface area contributed by atoms with Crippen LogP contribution in [0.5, 0.6) is 0 Å². The molecular formula is C20H13N3O2S. The summed E-state index contributed by atoms with van der Waals surface area (Å²) in [5.41, 5.74) is 3.22. The predicted molar refractivity (Wildman–Crippen MR) is 103 cm³/mol. The summed E-state index contributed by atoms with van der Waals surface area (Å²) in [5.74, 6) is 0.0169. The normalized spacial score (nSPS) is 11.2. The maximum atomic E-state index is 12.5. The van der Waals surface area contributed by atoms with Gasteiger partial charge in [0, 0.05) is 34.4 Å². The van der Waals surface area contributed by atoms with Gasteiger partial charge in [0.2, 0.25) is 0 Å². The number of imidazole rings is 1. The van der Waals surface area contributed by atoms with E-state index in [1.165, 1.54) is 0 Å². The summed E-state index contributed by atoms with van der Waals surface area (Å²) in [6.45, 7) is 0. The minimum Gasteiger partial charge on any atom is -0.451 e. The van der Waals surface area contributed by atoms with E-state index >= 15 is 0 Å². The molecule has 3 heterocycles. The van der Waals surface area contributed by atoms with Crippen molar-refractivity contribution in [2.24, 2.45) is 0 Å². The van der Waals surface area contributed by atoms with E-state index in [-0.39, 0.29) is 5.91 Å². The highest BCUT2D eigenvalue weighted by Gasteiger charge is 2.13. The second kappa shape index (κ2) is 5.86. The van der Waals surface area contributed by atoms with Gasteiger partial charge in [0.25, 0.3) is 5.91 Å². The largest absolute Gasteiger partial charge is 0.451 e. The number of fused-ring (bicyclic) bond motifs is 2. The van der Waals surface area contributed by atoms with E-state index in [4.69, 9.17) is 4.42 Å². The van der Waals surface area contributed by atoms with Gasteiger partial charge in [0.1, 0.15) is 5.58 Å². The molecule has 26 heavy (non-hydrogen) atoms. The van der Waals surface area contributed by atoms with Crippen molar-refractivity contribution >= 4 is 38.9 Å². The molecule has 0 atom stereocenters. The maximum absolute atomic E-state index is 12.5. The number of benzene rings is 2. The van der Waals surface area contributed by atoms with Crippen molar-refractivity contribution in [3.63, 3.8) is 0 Å². The van der Waals surface area contributed by atoms with Crippen LogP contribution in [0.4, 0.5) is 5.69 Å². The van der Waals surface area contributed by atoms with Crippen molar-refractivity contribution in [3.8, 4) is 11.3 Å². The number of anilines is 1. The van der Waals surface area contributed by atoms with Crippen molar-refractivity contribution in [2.45, 2.75) is 0 Å². The number of rotatable bonds is 3. The zero-order chi connectivity index (χ0) is 17.5. The van der Waals surface area contributed by atoms with Crippen molar-refractivity contribution in [2.75, 3.05) is 5.32 Å². The summed E-state index contributed by atoms with van der Waals surface area (Å²) in [4.78, 5) is 18.1. The predicted octanol–water partition coefficient (Wildman–Crippen LogP) is 5.06. The van der Waals surface area contributed by atoms with Gasteiger partial charge in [0.15, 0.2) is 10.7 Å². The van der Waals surface area contributed by atoms with E-state index < -0.39 is 0 Å². The molecule has 0 spiro atoms. The van der Waals surface area contributed by atoms with Gasteiger partial charge < -0.3 is 9.73 Å². The highest BCUT2D eigenvalue weighted by molar-refractivity contribution is 7.15. The van der Waals surface area contributed by atoms with E-state index in [9.17, 15) is 4.79 Å². The first kappa shape index (κ1) is 14.9. The van der Waals surface area contributed by atoms with Gasteiger partial charge in [-0.15, -0.1) is 11.3 Å². The quantitative estimate of drug-likeness (QED) is 0.490. The minimum absolute atomic E-state index is 0.274. The Balaban J connectivity index is 1.43. The van der Waals surface area contributed by atoms with Gasteiger partial charge >= 0.3 is 0 Å². The number of nitrogens with zero attached hydrogens (tertiary/aromatic N) is 2. The van der Waals surface area contributed by atoms with Crippen LogP contribution in [0, 0.1) is 0 Å². The highest BCUT2D eigenvalue weighted by atomic mass is 32.1. The molecule has 5 nitrogen and oxygen atoms in total. The molecule has 0 aliphatic heterocycles. The van der Waals surface area contributed by atoms with Gasteiger partial charge in [0.05, 0.1) is 5.69 Å². The van der Waals surface area contributed by atoms with E-state index in [0.29, 0.717) is 17.0 Å². The molecule has 1 N–H and O–H groups in total. The second-order valence-corrected chi connectivity index (χ2v) is 6.78. The lowest BCUT2D eigenvalue weighted by atomic mass is 10.1. The van der Waals surface area contributed by atoms with Crippen LogP contribution in [0.15, 0.2) is 76.8 Å². The van der Waals surface area contributed by atoms with E-state index in [2.05, 4.69) is 10.3 Å². The van der Waals surface area contributed by atoms with Crippen molar-refractivity contribution in [3.05, 3.63) is 78.1 Å². The summed E-state index contributed by atoms with van der Waals surface area (Å²) in [6, 6.07) is 16.9. The summed E-state index contributed by atoms with van der Waals surface area (Å²) in [5, 5.41) is 5.80. The van der Waals surface area contributed by atoms with Crippen LogP contribution in [-0.4, -0.2) is 15.3 Å². The van der Waals surface area contributed by atoms with Gasteiger partial charge in [-0.25, -0.2) is 4.98 Å². The fourth-order valence-corrected chi connectivity index (χ4v) is 3.61. The number of aromatic nitrogens is 2. The van der Waals surface area contributed by atoms with Gasteiger partial charge in [-0.05, 0) is 24.3 Å². The molecular weight excluding hydrogens is 346 g/mol. The smallest absolute Gasteiger partial charge is 0.291 e. The molecule has 3 aromatic heterocycles. The zero-order valence-corrected chi connectivity index (χ0v) is 14.4. The van der Waals surface area contributed by atoms with Gasteiger partial charge in [-0.1, -0.05) is 30.3 Å². The number of carbonyl (C=O) groups is 1. The first-order chi connectivity index (χ1) is 12.8. The third kappa shape index (κ3) is 2.57. The molecule has 6 heteroatoms. The first-order valence-corrected chi connectivity index (χ1v) is 8.97. The van der Waals surface area contributed by atoms with Crippen molar-refractivity contribution in [1.82, 2.24) is 9.38 Å². The number of thiazole rings is 1. The number of para-hydroxylation sites is 1. The molecule has 0 unspecified atom stereocenters. The van der Waals surface area contributed by atoms with Crippen LogP contribution in [-0.2, 0) is 0 Å². The molecule has 0 bridgehead atoms. The molecule has 5 aromatic rings. The fourth-order valence-electron chi connectivity index (χ4n) is 2.91. The highest BCUT2D eigenvalue weighted by Crippen LogP contribution is 2.25. The Bertz CT molecular complexity index is 1190. The third-order valence-electron chi connectivity index (χ3n) is 4.16. The number of nitrogens with one attached hydrogen (secondary N) is 1. The zero-order valence-electron chi connectivity index (χ0n) is 13.5. The van der Waals surface area contributed by atoms with E-state index in [0.717, 1.165) is 21.6 Å². The number of amides is 1. The second-order valence-electron chi connectivity index (χ2n) is 5.90. The SMILES string of the molecule is O=C(Nc1cccc(-c2cn3ccsc3n2)c1)c1cc2ccccc2o1. The summed E-state index contributed by atoms with van der Waals surface area (Å²) in [7, 11) is 0. The monoisotopic (exact) mass is 359 g/mol. The van der Waals surface area contributed by atoms with Crippen molar-refractivity contribution in [1.29, 1.82) is 0 Å². The van der Waals surface area contributed by atoms with Gasteiger partial charge in [-0.3, -0.25) is 9.20 Å². The Morgan fingerprint density at radius 2 is 2.04 bits per heavy atom. The molecule has 2 aromatic carbocycles. The molecule has 0 saturated heterocycles. The van der Waals surface area contributed by atoms with E-state index in [1.54, 1.807) is 17.4 Å². The van der Waals surface area contributed by atoms with Crippen LogP contribution in [0.1, 0.15) is 10.6 Å². The van der Waals surface area contributed by atoms with Crippen LogP contribution >= 0.6 is 11.3 Å². The van der Waals surface area contributed by atoms with Crippen LogP contribution < -0.4 is 5.32 Å². The average molecular weight is 359 g/mol. The Hall–Kier alpha value is -3.38. The molecule has 1 amide bonds. The molecule has 5 rings (SSSR count). The molecule has 0 radical (unpaired) electrons. The van der Waals surface area contributed by atoms with Gasteiger partial charge in [-0.2, -0.15) is 0 Å². The molecule has 0 aliphatic carbocycles. The number of furan rings is 1. The average Bonchev–Trinajstić information content (AvgIpc) is 3.35. The third-order valence-corrected chi connectivity index (χ3v) is 4.93. The fraction of sp³-hybridized carbons (Fsp3) is 0. The van der Waals surface area contributed by atoms with E-state index in [1.807, 2.05) is 70.7 Å². The molecule has 126 valence electrons. The Morgan fingerprint density at radius 3 is 2.92 bits per heavy atom. The Kier molecular flexibility index (Phi) is 3.36. The number of hydrogen-bond acceptors (Lipinski definition) is 4. The minimum atomic E-state index is -0.274. The summed E-state index contributed by atoms with van der Waals surface area (Å²) < 4.78 is 7.61. The van der Waals surface area contributed by atoms with Crippen molar-refractivity contribution < 1.29 is 9.21 Å². The summed E-state index contributed by atoms with van der Waals surface area (Å²) >= 11 is 1.59. The van der Waals surface area contributed by atoms with Crippen LogP contribution in [0.3, 0.4) is 0 Å². The Morgan fingerprint density at radius 1 is 1.12 bits per heavy atom. The maximum Gasteiger partial charge on any atom is 0.291 e. The number of carbonyl (C=O) groups excluding carboxylic acids is 1. The molecule has 0 aliphatic rings. The van der Waals surface area contributed by atoms with Crippen LogP contribution in [0.25, 0.3) is 27.2 Å². The lowest BCUT2D eigenvalue weighted by Gasteiger charge is -2.05. The Labute approximate surface area is 152 Å². The first-order valence-electron chi connectivity index (χ1n) is 8.09. The lowest BCUT2D eigenvalue weighted by molar-refractivity contribution is 0.0998. The van der Waals surface area contributed by atoms with Crippen LogP contribution in [0.2, 0.25) is 0 Å². The molecule has 0 saturated carbocycles. The summed E-state index contributed by atoms with van der Waals surface area (Å²) in [6.07, 6.45) is 3.95. The number of hydrogen-bond donors (Lipinski definition) is 1.